The maximum absolute atomic E-state index is 4.43. The fourth-order valence-corrected chi connectivity index (χ4v) is 2.05. The lowest BCUT2D eigenvalue weighted by atomic mass is 10.2. The molecule has 0 saturated heterocycles. The van der Waals surface area contributed by atoms with E-state index in [1.165, 1.54) is 0 Å². The molecule has 0 saturated carbocycles. The van der Waals surface area contributed by atoms with Crippen molar-refractivity contribution in [3.8, 4) is 5.69 Å². The molecular weight excluding hydrogens is 250 g/mol. The molecule has 0 aliphatic carbocycles. The molecule has 2 aromatic heterocycles. The number of aromatic nitrogens is 4. The maximum atomic E-state index is 4.43. The predicted octanol–water partition coefficient (Wildman–Crippen LogP) is 3.03. The highest BCUT2D eigenvalue weighted by atomic mass is 15.3. The van der Waals surface area contributed by atoms with Crippen molar-refractivity contribution in [3.63, 3.8) is 0 Å². The topological polar surface area (TPSA) is 55.6 Å². The molecule has 3 aromatic rings. The first kappa shape index (κ1) is 12.6. The van der Waals surface area contributed by atoms with E-state index in [1.54, 1.807) is 6.33 Å². The van der Waals surface area contributed by atoms with Gasteiger partial charge in [0.1, 0.15) is 12.1 Å². The third-order valence-electron chi connectivity index (χ3n) is 3.36. The van der Waals surface area contributed by atoms with Crippen LogP contribution in [0.4, 0.5) is 5.82 Å². The summed E-state index contributed by atoms with van der Waals surface area (Å²) in [6.07, 6.45) is 4.43. The zero-order chi connectivity index (χ0) is 13.9. The van der Waals surface area contributed by atoms with Crippen LogP contribution < -0.4 is 5.32 Å². The Balaban J connectivity index is 2.08. The average molecular weight is 267 g/mol. The lowest BCUT2D eigenvalue weighted by molar-refractivity contribution is 0.760. The van der Waals surface area contributed by atoms with E-state index in [-0.39, 0.29) is 0 Å². The Bertz CT molecular complexity index is 705. The molecule has 0 bridgehead atoms. The van der Waals surface area contributed by atoms with E-state index in [0.717, 1.165) is 29.0 Å². The minimum atomic E-state index is 0.369. The smallest absolute Gasteiger partial charge is 0.168 e. The van der Waals surface area contributed by atoms with Gasteiger partial charge in [-0.15, -0.1) is 0 Å². The van der Waals surface area contributed by atoms with Gasteiger partial charge in [0.05, 0.1) is 17.3 Å². The summed E-state index contributed by atoms with van der Waals surface area (Å²) >= 11 is 0. The summed E-state index contributed by atoms with van der Waals surface area (Å²) in [5, 5.41) is 8.77. The largest absolute Gasteiger partial charge is 0.367 e. The van der Waals surface area contributed by atoms with Crippen molar-refractivity contribution in [2.45, 2.75) is 26.3 Å². The molecule has 1 unspecified atom stereocenters. The number of benzene rings is 1. The number of nitrogens with zero attached hydrogens (tertiary/aromatic N) is 4. The molecule has 0 radical (unpaired) electrons. The molecule has 1 atom stereocenters. The van der Waals surface area contributed by atoms with E-state index in [0.29, 0.717) is 6.04 Å². The van der Waals surface area contributed by atoms with Gasteiger partial charge in [-0.25, -0.2) is 14.6 Å². The monoisotopic (exact) mass is 267 g/mol. The Morgan fingerprint density at radius 2 is 2.00 bits per heavy atom. The number of nitrogens with one attached hydrogen (secondary N) is 1. The van der Waals surface area contributed by atoms with E-state index in [1.807, 2.05) is 41.2 Å². The quantitative estimate of drug-likeness (QED) is 0.789. The molecule has 0 aliphatic heterocycles. The highest BCUT2D eigenvalue weighted by molar-refractivity contribution is 5.87. The summed E-state index contributed by atoms with van der Waals surface area (Å²) in [5.41, 5.74) is 1.81. The van der Waals surface area contributed by atoms with Gasteiger partial charge in [-0.05, 0) is 25.5 Å². The van der Waals surface area contributed by atoms with Crippen LogP contribution >= 0.6 is 0 Å². The second-order valence-electron chi connectivity index (χ2n) is 4.81. The first-order valence-corrected chi connectivity index (χ1v) is 6.80. The molecule has 0 spiro atoms. The fourth-order valence-electron chi connectivity index (χ4n) is 2.05. The van der Waals surface area contributed by atoms with Crippen LogP contribution in [0.5, 0.6) is 0 Å². The van der Waals surface area contributed by atoms with Crippen LogP contribution in [0.15, 0.2) is 42.9 Å². The molecule has 20 heavy (non-hydrogen) atoms. The molecular formula is C15H17N5. The Morgan fingerprint density at radius 3 is 2.75 bits per heavy atom. The van der Waals surface area contributed by atoms with Crippen LogP contribution in [0.2, 0.25) is 0 Å². The highest BCUT2D eigenvalue weighted by Gasteiger charge is 2.11. The van der Waals surface area contributed by atoms with E-state index < -0.39 is 0 Å². The molecule has 102 valence electrons. The van der Waals surface area contributed by atoms with Crippen molar-refractivity contribution in [3.05, 3.63) is 42.9 Å². The Kier molecular flexibility index (Phi) is 3.33. The van der Waals surface area contributed by atoms with Crippen LogP contribution in [0.3, 0.4) is 0 Å². The number of para-hydroxylation sites is 1. The molecule has 5 nitrogen and oxygen atoms in total. The Labute approximate surface area is 117 Å². The van der Waals surface area contributed by atoms with Gasteiger partial charge in [-0.1, -0.05) is 25.1 Å². The SMILES string of the molecule is CCC(C)Nc1ncnc2c1cnn2-c1ccccc1. The van der Waals surface area contributed by atoms with Gasteiger partial charge in [0.25, 0.3) is 0 Å². The van der Waals surface area contributed by atoms with Gasteiger partial charge in [-0.2, -0.15) is 5.10 Å². The molecule has 0 fully saturated rings. The number of hydrogen-bond donors (Lipinski definition) is 1. The normalized spacial score (nSPS) is 12.5. The van der Waals surface area contributed by atoms with Gasteiger partial charge >= 0.3 is 0 Å². The van der Waals surface area contributed by atoms with Gasteiger partial charge in [-0.3, -0.25) is 0 Å². The van der Waals surface area contributed by atoms with Crippen molar-refractivity contribution >= 4 is 16.9 Å². The van der Waals surface area contributed by atoms with E-state index >= 15 is 0 Å². The molecule has 1 aromatic carbocycles. The molecule has 3 rings (SSSR count). The standard InChI is InChI=1S/C15H17N5/c1-3-11(2)19-14-13-9-18-20(15(13)17-10-16-14)12-7-5-4-6-8-12/h4-11H,3H2,1-2H3,(H,16,17,19). The first-order chi connectivity index (χ1) is 9.79. The summed E-state index contributed by atoms with van der Waals surface area (Å²) in [7, 11) is 0. The third kappa shape index (κ3) is 2.22. The van der Waals surface area contributed by atoms with Gasteiger partial charge < -0.3 is 5.32 Å². The summed E-state index contributed by atoms with van der Waals surface area (Å²) < 4.78 is 1.83. The lowest BCUT2D eigenvalue weighted by Gasteiger charge is -2.12. The van der Waals surface area contributed by atoms with Crippen LogP contribution in [-0.2, 0) is 0 Å². The van der Waals surface area contributed by atoms with Crippen molar-refractivity contribution in [1.82, 2.24) is 19.7 Å². The van der Waals surface area contributed by atoms with Crippen molar-refractivity contribution in [2.75, 3.05) is 5.32 Å². The van der Waals surface area contributed by atoms with Crippen molar-refractivity contribution in [1.29, 1.82) is 0 Å². The summed E-state index contributed by atoms with van der Waals surface area (Å²) in [5.74, 6) is 0.839. The third-order valence-corrected chi connectivity index (χ3v) is 3.36. The van der Waals surface area contributed by atoms with E-state index in [9.17, 15) is 0 Å². The van der Waals surface area contributed by atoms with E-state index in [2.05, 4.69) is 34.2 Å². The maximum Gasteiger partial charge on any atom is 0.168 e. The van der Waals surface area contributed by atoms with E-state index in [4.69, 9.17) is 0 Å². The molecule has 5 heteroatoms. The van der Waals surface area contributed by atoms with Crippen LogP contribution in [0.25, 0.3) is 16.7 Å². The molecule has 2 heterocycles. The molecule has 0 aliphatic rings. The average Bonchev–Trinajstić information content (AvgIpc) is 2.93. The first-order valence-electron chi connectivity index (χ1n) is 6.80. The Hall–Kier alpha value is -2.43. The minimum absolute atomic E-state index is 0.369. The number of rotatable bonds is 4. The summed E-state index contributed by atoms with van der Waals surface area (Å²) in [6.45, 7) is 4.28. The number of hydrogen-bond acceptors (Lipinski definition) is 4. The van der Waals surface area contributed by atoms with Gasteiger partial charge in [0.2, 0.25) is 0 Å². The van der Waals surface area contributed by atoms with Crippen LogP contribution in [-0.4, -0.2) is 25.8 Å². The highest BCUT2D eigenvalue weighted by Crippen LogP contribution is 2.22. The van der Waals surface area contributed by atoms with Crippen molar-refractivity contribution < 1.29 is 0 Å². The van der Waals surface area contributed by atoms with Crippen LogP contribution in [0.1, 0.15) is 20.3 Å². The van der Waals surface area contributed by atoms with Gasteiger partial charge in [0, 0.05) is 6.04 Å². The molecule has 0 amide bonds. The predicted molar refractivity (Wildman–Crippen MR) is 80.0 cm³/mol. The van der Waals surface area contributed by atoms with Crippen LogP contribution in [0, 0.1) is 0 Å². The zero-order valence-electron chi connectivity index (χ0n) is 11.6. The number of anilines is 1. The van der Waals surface area contributed by atoms with Gasteiger partial charge in [0.15, 0.2) is 5.65 Å². The minimum Gasteiger partial charge on any atom is -0.367 e. The Morgan fingerprint density at radius 1 is 1.20 bits per heavy atom. The molecule has 1 N–H and O–H groups in total. The lowest BCUT2D eigenvalue weighted by Crippen LogP contribution is -2.14. The summed E-state index contributed by atoms with van der Waals surface area (Å²) in [4.78, 5) is 8.69. The summed E-state index contributed by atoms with van der Waals surface area (Å²) in [6, 6.07) is 10.4. The second-order valence-corrected chi connectivity index (χ2v) is 4.81. The van der Waals surface area contributed by atoms with Crippen molar-refractivity contribution in [2.24, 2.45) is 0 Å². The second kappa shape index (κ2) is 5.28. The zero-order valence-corrected chi connectivity index (χ0v) is 11.6. The fraction of sp³-hybridized carbons (Fsp3) is 0.267. The number of fused-ring (bicyclic) bond motifs is 1.